The van der Waals surface area contributed by atoms with Gasteiger partial charge in [-0.3, -0.25) is 4.79 Å². The topological polar surface area (TPSA) is 75.6 Å². The Morgan fingerprint density at radius 2 is 1.39 bits per heavy atom. The van der Waals surface area contributed by atoms with Crippen molar-refractivity contribution in [3.05, 3.63) is 0 Å². The Morgan fingerprint density at radius 1 is 0.913 bits per heavy atom. The minimum absolute atomic E-state index is 0.203. The summed E-state index contributed by atoms with van der Waals surface area (Å²) < 4.78 is 4.50. The Bertz CT molecular complexity index is 307. The van der Waals surface area contributed by atoms with Gasteiger partial charge in [0.05, 0.1) is 13.7 Å². The van der Waals surface area contributed by atoms with Gasteiger partial charge in [0.1, 0.15) is 0 Å². The van der Waals surface area contributed by atoms with Crippen LogP contribution in [0.3, 0.4) is 0 Å². The van der Waals surface area contributed by atoms with E-state index >= 15 is 0 Å². The van der Waals surface area contributed by atoms with Crippen molar-refractivity contribution in [1.82, 2.24) is 5.32 Å². The Morgan fingerprint density at radius 3 is 1.83 bits per heavy atom. The largest absolute Gasteiger partial charge is 0.467 e. The summed E-state index contributed by atoms with van der Waals surface area (Å²) in [5.74, 6) is -0.815. The number of carbonyl (C=O) groups is 2. The minimum Gasteiger partial charge on any atom is -0.467 e. The molecule has 0 aliphatic carbocycles. The fraction of sp³-hybridized carbons (Fsp3) is 0.889. The number of carbonyl (C=O) groups excluding carboxylic acids is 2. The molecule has 0 aromatic heterocycles. The van der Waals surface area contributed by atoms with Gasteiger partial charge in [-0.15, -0.1) is 0 Å². The number of hydrogen-bond donors (Lipinski definition) is 2. The third-order valence-corrected chi connectivity index (χ3v) is 4.01. The summed E-state index contributed by atoms with van der Waals surface area (Å²) in [5.41, 5.74) is 0. The quantitative estimate of drug-likeness (QED) is 0.357. The lowest BCUT2D eigenvalue weighted by Crippen LogP contribution is -2.43. The molecule has 0 aromatic rings. The van der Waals surface area contributed by atoms with Crippen LogP contribution in [0.1, 0.15) is 84.0 Å². The average Bonchev–Trinajstić information content (AvgIpc) is 2.56. The average molecular weight is 329 g/mol. The summed E-state index contributed by atoms with van der Waals surface area (Å²) in [7, 11) is 1.24. The fourth-order valence-corrected chi connectivity index (χ4v) is 2.54. The molecule has 23 heavy (non-hydrogen) atoms. The van der Waals surface area contributed by atoms with Crippen molar-refractivity contribution in [2.75, 3.05) is 13.7 Å². The highest BCUT2D eigenvalue weighted by Crippen LogP contribution is 2.11. The highest BCUT2D eigenvalue weighted by atomic mass is 16.5. The number of unbranched alkanes of at least 4 members (excludes halogenated alkanes) is 10. The molecule has 0 aliphatic heterocycles. The van der Waals surface area contributed by atoms with Crippen LogP contribution in [0.15, 0.2) is 0 Å². The third-order valence-electron chi connectivity index (χ3n) is 4.01. The number of ether oxygens (including phenoxy) is 1. The number of nitrogens with one attached hydrogen (secondary N) is 1. The highest BCUT2D eigenvalue weighted by molar-refractivity contribution is 5.84. The molecule has 0 unspecified atom stereocenters. The van der Waals surface area contributed by atoms with E-state index in [1.807, 2.05) is 0 Å². The Kier molecular flexibility index (Phi) is 15.0. The van der Waals surface area contributed by atoms with Gasteiger partial charge in [0, 0.05) is 6.42 Å². The van der Waals surface area contributed by atoms with Gasteiger partial charge in [-0.25, -0.2) is 4.79 Å². The predicted octanol–water partition coefficient (Wildman–Crippen LogP) is 3.34. The smallest absolute Gasteiger partial charge is 0.330 e. The molecule has 0 radical (unpaired) electrons. The van der Waals surface area contributed by atoms with E-state index in [1.54, 1.807) is 0 Å². The molecule has 2 N–H and O–H groups in total. The van der Waals surface area contributed by atoms with Crippen molar-refractivity contribution in [3.63, 3.8) is 0 Å². The van der Waals surface area contributed by atoms with Crippen molar-refractivity contribution in [2.45, 2.75) is 90.0 Å². The first-order chi connectivity index (χ1) is 11.2. The Labute approximate surface area is 141 Å². The van der Waals surface area contributed by atoms with Gasteiger partial charge in [-0.2, -0.15) is 0 Å². The van der Waals surface area contributed by atoms with Crippen molar-refractivity contribution in [3.8, 4) is 0 Å². The summed E-state index contributed by atoms with van der Waals surface area (Å²) in [6, 6.07) is -0.944. The second-order valence-corrected chi connectivity index (χ2v) is 6.11. The second-order valence-electron chi connectivity index (χ2n) is 6.11. The van der Waals surface area contributed by atoms with Crippen molar-refractivity contribution < 1.29 is 19.4 Å². The number of methoxy groups -OCH3 is 1. The van der Waals surface area contributed by atoms with E-state index in [4.69, 9.17) is 5.11 Å². The SMILES string of the molecule is CCCCCCCCCCCCCC(=O)N[C@H](CO)C(=O)OC. The van der Waals surface area contributed by atoms with Crippen molar-refractivity contribution >= 4 is 11.9 Å². The van der Waals surface area contributed by atoms with Crippen molar-refractivity contribution in [1.29, 1.82) is 0 Å². The van der Waals surface area contributed by atoms with Gasteiger partial charge in [0.15, 0.2) is 6.04 Å². The van der Waals surface area contributed by atoms with E-state index < -0.39 is 18.6 Å². The molecule has 0 aromatic carbocycles. The molecule has 0 saturated heterocycles. The first-order valence-electron chi connectivity index (χ1n) is 9.13. The standard InChI is InChI=1S/C18H35NO4/c1-3-4-5-6-7-8-9-10-11-12-13-14-17(21)19-16(15-20)18(22)23-2/h16,20H,3-15H2,1-2H3,(H,19,21)/t16-/m1/s1. The Hall–Kier alpha value is -1.10. The molecular weight excluding hydrogens is 294 g/mol. The lowest BCUT2D eigenvalue weighted by atomic mass is 10.1. The number of esters is 1. The van der Waals surface area contributed by atoms with E-state index in [0.717, 1.165) is 19.3 Å². The molecule has 5 nitrogen and oxygen atoms in total. The van der Waals surface area contributed by atoms with Gasteiger partial charge in [-0.1, -0.05) is 71.1 Å². The van der Waals surface area contributed by atoms with E-state index in [1.165, 1.54) is 58.5 Å². The fourth-order valence-electron chi connectivity index (χ4n) is 2.54. The summed E-state index contributed by atoms with van der Waals surface area (Å²) in [5, 5.41) is 11.5. The van der Waals surface area contributed by atoms with Gasteiger partial charge in [-0.05, 0) is 6.42 Å². The van der Waals surface area contributed by atoms with Crippen LogP contribution in [0, 0.1) is 0 Å². The molecule has 1 amide bonds. The number of rotatable bonds is 15. The van der Waals surface area contributed by atoms with Gasteiger partial charge in [0.25, 0.3) is 0 Å². The van der Waals surface area contributed by atoms with Crippen LogP contribution in [-0.4, -0.2) is 36.7 Å². The molecule has 0 bridgehead atoms. The van der Waals surface area contributed by atoms with Crippen LogP contribution >= 0.6 is 0 Å². The summed E-state index contributed by atoms with van der Waals surface area (Å²) >= 11 is 0. The monoisotopic (exact) mass is 329 g/mol. The molecule has 0 heterocycles. The molecule has 0 spiro atoms. The lowest BCUT2D eigenvalue weighted by Gasteiger charge is -2.13. The van der Waals surface area contributed by atoms with Crippen LogP contribution in [0.5, 0.6) is 0 Å². The zero-order valence-corrected chi connectivity index (χ0v) is 14.9. The van der Waals surface area contributed by atoms with E-state index in [0.29, 0.717) is 6.42 Å². The predicted molar refractivity (Wildman–Crippen MR) is 92.1 cm³/mol. The number of hydrogen-bond acceptors (Lipinski definition) is 4. The highest BCUT2D eigenvalue weighted by Gasteiger charge is 2.19. The number of aliphatic hydroxyl groups is 1. The van der Waals surface area contributed by atoms with Gasteiger partial charge in [0.2, 0.25) is 5.91 Å². The molecule has 0 aliphatic rings. The number of amides is 1. The summed E-state index contributed by atoms with van der Waals surface area (Å²) in [6.07, 6.45) is 14.0. The van der Waals surface area contributed by atoms with Crippen LogP contribution in [0.2, 0.25) is 0 Å². The minimum atomic E-state index is -0.944. The normalized spacial score (nSPS) is 12.0. The maximum absolute atomic E-state index is 11.7. The third kappa shape index (κ3) is 13.1. The molecule has 5 heteroatoms. The van der Waals surface area contributed by atoms with Crippen LogP contribution in [0.4, 0.5) is 0 Å². The van der Waals surface area contributed by atoms with E-state index in [2.05, 4.69) is 17.0 Å². The second kappa shape index (κ2) is 15.8. The maximum atomic E-state index is 11.7. The molecular formula is C18H35NO4. The van der Waals surface area contributed by atoms with Crippen LogP contribution < -0.4 is 5.32 Å². The molecule has 136 valence electrons. The summed E-state index contributed by atoms with van der Waals surface area (Å²) in [4.78, 5) is 22.9. The molecule has 0 saturated carbocycles. The molecule has 0 fully saturated rings. The van der Waals surface area contributed by atoms with Gasteiger partial charge >= 0.3 is 5.97 Å². The van der Waals surface area contributed by atoms with E-state index in [-0.39, 0.29) is 5.91 Å². The zero-order chi connectivity index (χ0) is 17.3. The molecule has 0 rings (SSSR count). The van der Waals surface area contributed by atoms with Crippen LogP contribution in [-0.2, 0) is 14.3 Å². The van der Waals surface area contributed by atoms with Crippen LogP contribution in [0.25, 0.3) is 0 Å². The number of aliphatic hydroxyl groups excluding tert-OH is 1. The van der Waals surface area contributed by atoms with Gasteiger partial charge < -0.3 is 15.2 Å². The first-order valence-corrected chi connectivity index (χ1v) is 9.13. The Balaban J connectivity index is 3.43. The maximum Gasteiger partial charge on any atom is 0.330 e. The zero-order valence-electron chi connectivity index (χ0n) is 14.9. The summed E-state index contributed by atoms with van der Waals surface area (Å²) in [6.45, 7) is 1.80. The lowest BCUT2D eigenvalue weighted by molar-refractivity contribution is -0.146. The first kappa shape index (κ1) is 21.9. The van der Waals surface area contributed by atoms with E-state index in [9.17, 15) is 9.59 Å². The van der Waals surface area contributed by atoms with Crippen molar-refractivity contribution in [2.24, 2.45) is 0 Å². The molecule has 1 atom stereocenters.